The molecule has 0 aromatic carbocycles. The molecule has 0 aromatic rings. The van der Waals surface area contributed by atoms with Gasteiger partial charge in [-0.05, 0) is 46.6 Å². The zero-order valence-corrected chi connectivity index (χ0v) is 12.6. The molecule has 3 unspecified atom stereocenters. The van der Waals surface area contributed by atoms with Crippen LogP contribution in [0.3, 0.4) is 0 Å². The quantitative estimate of drug-likeness (QED) is 0.730. The monoisotopic (exact) mass is 272 g/mol. The SMILES string of the molecule is CCNC(C)(CCOC1CC(C)OC(C)C1)C(N)=O. The molecule has 1 heterocycles. The molecular formula is C14H28N2O3. The van der Waals surface area contributed by atoms with Crippen molar-refractivity contribution in [3.05, 3.63) is 0 Å². The Morgan fingerprint density at radius 3 is 2.47 bits per heavy atom. The Morgan fingerprint density at radius 1 is 1.42 bits per heavy atom. The molecule has 5 heteroatoms. The molecule has 0 radical (unpaired) electrons. The second-order valence-corrected chi connectivity index (χ2v) is 5.70. The number of likely N-dealkylation sites (N-methyl/N-ethyl adjacent to an activating group) is 1. The normalized spacial score (nSPS) is 30.8. The fraction of sp³-hybridized carbons (Fsp3) is 0.929. The van der Waals surface area contributed by atoms with E-state index in [1.54, 1.807) is 0 Å². The van der Waals surface area contributed by atoms with Crippen molar-refractivity contribution in [3.8, 4) is 0 Å². The van der Waals surface area contributed by atoms with Crippen LogP contribution in [0.2, 0.25) is 0 Å². The zero-order valence-electron chi connectivity index (χ0n) is 12.6. The summed E-state index contributed by atoms with van der Waals surface area (Å²) >= 11 is 0. The minimum absolute atomic E-state index is 0.220. The van der Waals surface area contributed by atoms with Gasteiger partial charge in [0.25, 0.3) is 0 Å². The topological polar surface area (TPSA) is 73.6 Å². The number of carbonyl (C=O) groups excluding carboxylic acids is 1. The summed E-state index contributed by atoms with van der Waals surface area (Å²) in [6.45, 7) is 9.18. The fourth-order valence-electron chi connectivity index (χ4n) is 2.60. The number of nitrogens with two attached hydrogens (primary N) is 1. The van der Waals surface area contributed by atoms with Gasteiger partial charge in [0.05, 0.1) is 23.9 Å². The summed E-state index contributed by atoms with van der Waals surface area (Å²) in [4.78, 5) is 11.5. The summed E-state index contributed by atoms with van der Waals surface area (Å²) in [5.74, 6) is -0.327. The van der Waals surface area contributed by atoms with E-state index in [-0.39, 0.29) is 24.2 Å². The van der Waals surface area contributed by atoms with E-state index in [1.807, 2.05) is 13.8 Å². The highest BCUT2D eigenvalue weighted by Gasteiger charge is 2.31. The van der Waals surface area contributed by atoms with Crippen LogP contribution in [0.5, 0.6) is 0 Å². The van der Waals surface area contributed by atoms with Crippen molar-refractivity contribution in [2.24, 2.45) is 5.73 Å². The number of nitrogens with one attached hydrogen (secondary N) is 1. The Bertz CT molecular complexity index is 288. The lowest BCUT2D eigenvalue weighted by atomic mass is 9.97. The van der Waals surface area contributed by atoms with Crippen LogP contribution in [0.4, 0.5) is 0 Å². The average Bonchev–Trinajstić information content (AvgIpc) is 2.27. The molecule has 1 aliphatic heterocycles. The molecule has 0 bridgehead atoms. The number of primary amides is 1. The van der Waals surface area contributed by atoms with Gasteiger partial charge in [0.2, 0.25) is 5.91 Å². The molecule has 112 valence electrons. The maximum Gasteiger partial charge on any atom is 0.237 e. The first-order chi connectivity index (χ1) is 8.87. The van der Waals surface area contributed by atoms with Crippen LogP contribution in [0.1, 0.15) is 47.0 Å². The number of hydrogen-bond donors (Lipinski definition) is 2. The Labute approximate surface area is 116 Å². The maximum absolute atomic E-state index is 11.5. The summed E-state index contributed by atoms with van der Waals surface area (Å²) in [6, 6.07) is 0. The van der Waals surface area contributed by atoms with Crippen molar-refractivity contribution in [2.45, 2.75) is 70.8 Å². The maximum atomic E-state index is 11.5. The lowest BCUT2D eigenvalue weighted by Crippen LogP contribution is -2.53. The van der Waals surface area contributed by atoms with Crippen molar-refractivity contribution in [3.63, 3.8) is 0 Å². The standard InChI is InChI=1S/C14H28N2O3/c1-5-16-14(4,13(15)17)6-7-18-12-8-10(2)19-11(3)9-12/h10-12,16H,5-9H2,1-4H3,(H2,15,17). The second-order valence-electron chi connectivity index (χ2n) is 5.70. The Balaban J connectivity index is 2.37. The fourth-order valence-corrected chi connectivity index (χ4v) is 2.60. The number of ether oxygens (including phenoxy) is 2. The first-order valence-corrected chi connectivity index (χ1v) is 7.19. The molecule has 19 heavy (non-hydrogen) atoms. The number of amides is 1. The zero-order chi connectivity index (χ0) is 14.5. The van der Waals surface area contributed by atoms with E-state index in [0.29, 0.717) is 19.6 Å². The molecule has 5 nitrogen and oxygen atoms in total. The molecule has 0 aromatic heterocycles. The van der Waals surface area contributed by atoms with Crippen LogP contribution in [-0.4, -0.2) is 42.9 Å². The minimum Gasteiger partial charge on any atom is -0.378 e. The molecular weight excluding hydrogens is 244 g/mol. The second kappa shape index (κ2) is 7.22. The van der Waals surface area contributed by atoms with Crippen molar-refractivity contribution in [1.82, 2.24) is 5.32 Å². The summed E-state index contributed by atoms with van der Waals surface area (Å²) in [6.07, 6.45) is 3.13. The third-order valence-corrected chi connectivity index (χ3v) is 3.72. The van der Waals surface area contributed by atoms with Gasteiger partial charge in [-0.3, -0.25) is 4.79 Å². The summed E-state index contributed by atoms with van der Waals surface area (Å²) in [5, 5.41) is 3.13. The summed E-state index contributed by atoms with van der Waals surface area (Å²) < 4.78 is 11.6. The summed E-state index contributed by atoms with van der Waals surface area (Å²) in [5.41, 5.74) is 4.76. The average molecular weight is 272 g/mol. The van der Waals surface area contributed by atoms with Crippen molar-refractivity contribution >= 4 is 5.91 Å². The van der Waals surface area contributed by atoms with E-state index >= 15 is 0 Å². The first-order valence-electron chi connectivity index (χ1n) is 7.19. The highest BCUT2D eigenvalue weighted by molar-refractivity contribution is 5.84. The molecule has 0 aliphatic carbocycles. The van der Waals surface area contributed by atoms with Crippen molar-refractivity contribution < 1.29 is 14.3 Å². The van der Waals surface area contributed by atoms with Gasteiger partial charge < -0.3 is 20.5 Å². The molecule has 0 spiro atoms. The van der Waals surface area contributed by atoms with Crippen LogP contribution in [0.15, 0.2) is 0 Å². The molecule has 1 fully saturated rings. The van der Waals surface area contributed by atoms with Gasteiger partial charge in [0.1, 0.15) is 0 Å². The van der Waals surface area contributed by atoms with E-state index in [0.717, 1.165) is 12.8 Å². The smallest absolute Gasteiger partial charge is 0.237 e. The van der Waals surface area contributed by atoms with Gasteiger partial charge in [-0.25, -0.2) is 0 Å². The predicted molar refractivity (Wildman–Crippen MR) is 74.9 cm³/mol. The van der Waals surface area contributed by atoms with Crippen LogP contribution in [0, 0.1) is 0 Å². The Hall–Kier alpha value is -0.650. The highest BCUT2D eigenvalue weighted by atomic mass is 16.5. The molecule has 1 aliphatic rings. The molecule has 3 atom stereocenters. The molecule has 1 saturated heterocycles. The molecule has 0 saturated carbocycles. The predicted octanol–water partition coefficient (Wildman–Crippen LogP) is 1.20. The van der Waals surface area contributed by atoms with Crippen molar-refractivity contribution in [1.29, 1.82) is 0 Å². The number of carbonyl (C=O) groups is 1. The molecule has 1 rings (SSSR count). The van der Waals surface area contributed by atoms with Gasteiger partial charge in [0.15, 0.2) is 0 Å². The van der Waals surface area contributed by atoms with Gasteiger partial charge in [-0.1, -0.05) is 6.92 Å². The van der Waals surface area contributed by atoms with E-state index in [2.05, 4.69) is 19.2 Å². The summed E-state index contributed by atoms with van der Waals surface area (Å²) in [7, 11) is 0. The van der Waals surface area contributed by atoms with E-state index in [4.69, 9.17) is 15.2 Å². The van der Waals surface area contributed by atoms with E-state index in [9.17, 15) is 4.79 Å². The van der Waals surface area contributed by atoms with Gasteiger partial charge >= 0.3 is 0 Å². The third-order valence-electron chi connectivity index (χ3n) is 3.72. The van der Waals surface area contributed by atoms with Crippen LogP contribution < -0.4 is 11.1 Å². The van der Waals surface area contributed by atoms with Crippen molar-refractivity contribution in [2.75, 3.05) is 13.2 Å². The Morgan fingerprint density at radius 2 is 2.00 bits per heavy atom. The first kappa shape index (κ1) is 16.4. The van der Waals surface area contributed by atoms with Crippen LogP contribution in [0.25, 0.3) is 0 Å². The van der Waals surface area contributed by atoms with E-state index in [1.165, 1.54) is 0 Å². The lowest BCUT2D eigenvalue weighted by molar-refractivity contribution is -0.126. The van der Waals surface area contributed by atoms with Crippen LogP contribution >= 0.6 is 0 Å². The molecule has 1 amide bonds. The minimum atomic E-state index is -0.683. The number of hydrogen-bond acceptors (Lipinski definition) is 4. The number of rotatable bonds is 7. The highest BCUT2D eigenvalue weighted by Crippen LogP contribution is 2.22. The lowest BCUT2D eigenvalue weighted by Gasteiger charge is -2.33. The third kappa shape index (κ3) is 5.09. The van der Waals surface area contributed by atoms with Gasteiger partial charge in [-0.15, -0.1) is 0 Å². The van der Waals surface area contributed by atoms with Crippen LogP contribution in [-0.2, 0) is 14.3 Å². The largest absolute Gasteiger partial charge is 0.378 e. The van der Waals surface area contributed by atoms with Gasteiger partial charge in [-0.2, -0.15) is 0 Å². The Kier molecular flexibility index (Phi) is 6.23. The van der Waals surface area contributed by atoms with E-state index < -0.39 is 5.54 Å². The van der Waals surface area contributed by atoms with Gasteiger partial charge in [0, 0.05) is 6.61 Å². The molecule has 3 N–H and O–H groups in total.